The van der Waals surface area contributed by atoms with Crippen molar-refractivity contribution in [1.82, 2.24) is 10.7 Å². The highest BCUT2D eigenvalue weighted by atomic mass is 35.5. The summed E-state index contributed by atoms with van der Waals surface area (Å²) in [5.74, 6) is 0.0545. The first kappa shape index (κ1) is 22.3. The molecule has 0 saturated carbocycles. The number of nitrogens with zero attached hydrogens (tertiary/aromatic N) is 1. The van der Waals surface area contributed by atoms with Crippen LogP contribution in [0.15, 0.2) is 99.5 Å². The van der Waals surface area contributed by atoms with E-state index in [9.17, 15) is 9.59 Å². The second-order valence-electron chi connectivity index (χ2n) is 6.77. The van der Waals surface area contributed by atoms with Crippen molar-refractivity contribution in [3.8, 4) is 11.3 Å². The Morgan fingerprint density at radius 3 is 2.48 bits per heavy atom. The third kappa shape index (κ3) is 5.85. The van der Waals surface area contributed by atoms with Crippen LogP contribution in [0.25, 0.3) is 17.4 Å². The number of thiophene rings is 1. The molecule has 8 heteroatoms. The lowest BCUT2D eigenvalue weighted by Gasteiger charge is -2.08. The van der Waals surface area contributed by atoms with Crippen molar-refractivity contribution in [3.63, 3.8) is 0 Å². The standard InChI is InChI=1S/C25H18ClN3O3S/c26-21-11-5-4-10-20(21)23-13-12-18(32-23)16-27-29-25(31)22(15-19-9-6-14-33-19)28-24(30)17-7-2-1-3-8-17/h1-16H,(H,28,30)(H,29,31)/b22-15+,27-16-. The lowest BCUT2D eigenvalue weighted by Crippen LogP contribution is -2.32. The fraction of sp³-hybridized carbons (Fsp3) is 0. The summed E-state index contributed by atoms with van der Waals surface area (Å²) in [6.07, 6.45) is 2.97. The number of carbonyl (C=O) groups excluding carboxylic acids is 2. The highest BCUT2D eigenvalue weighted by molar-refractivity contribution is 7.10. The Morgan fingerprint density at radius 1 is 0.939 bits per heavy atom. The van der Waals surface area contributed by atoms with Crippen LogP contribution in [0.3, 0.4) is 0 Å². The summed E-state index contributed by atoms with van der Waals surface area (Å²) in [6, 6.07) is 23.2. The summed E-state index contributed by atoms with van der Waals surface area (Å²) in [6.45, 7) is 0. The molecule has 0 bridgehead atoms. The van der Waals surface area contributed by atoms with E-state index >= 15 is 0 Å². The van der Waals surface area contributed by atoms with Crippen molar-refractivity contribution in [2.75, 3.05) is 0 Å². The van der Waals surface area contributed by atoms with E-state index in [2.05, 4.69) is 15.8 Å². The number of rotatable bonds is 7. The summed E-state index contributed by atoms with van der Waals surface area (Å²) < 4.78 is 5.73. The van der Waals surface area contributed by atoms with Gasteiger partial charge in [-0.3, -0.25) is 9.59 Å². The van der Waals surface area contributed by atoms with Crippen LogP contribution in [0.4, 0.5) is 0 Å². The quantitative estimate of drug-likeness (QED) is 0.208. The van der Waals surface area contributed by atoms with Crippen LogP contribution in [0, 0.1) is 0 Å². The molecule has 0 radical (unpaired) electrons. The summed E-state index contributed by atoms with van der Waals surface area (Å²) in [4.78, 5) is 26.1. The average Bonchev–Trinajstić information content (AvgIpc) is 3.52. The molecule has 0 fully saturated rings. The predicted octanol–water partition coefficient (Wildman–Crippen LogP) is 5.58. The van der Waals surface area contributed by atoms with Gasteiger partial charge in [-0.15, -0.1) is 11.3 Å². The topological polar surface area (TPSA) is 83.7 Å². The van der Waals surface area contributed by atoms with Gasteiger partial charge in [0.2, 0.25) is 0 Å². The van der Waals surface area contributed by atoms with E-state index in [4.69, 9.17) is 16.0 Å². The zero-order valence-corrected chi connectivity index (χ0v) is 18.8. The van der Waals surface area contributed by atoms with Crippen molar-refractivity contribution in [3.05, 3.63) is 111 Å². The van der Waals surface area contributed by atoms with Gasteiger partial charge in [0, 0.05) is 16.0 Å². The summed E-state index contributed by atoms with van der Waals surface area (Å²) in [5, 5.41) is 9.07. The molecular formula is C25H18ClN3O3S. The molecule has 2 aromatic carbocycles. The molecule has 0 aliphatic heterocycles. The van der Waals surface area contributed by atoms with Crippen LogP contribution in [-0.2, 0) is 4.79 Å². The lowest BCUT2D eigenvalue weighted by atomic mass is 10.2. The van der Waals surface area contributed by atoms with Gasteiger partial charge in [0.05, 0.1) is 11.2 Å². The zero-order valence-electron chi connectivity index (χ0n) is 17.2. The van der Waals surface area contributed by atoms with E-state index in [1.54, 1.807) is 48.5 Å². The molecule has 33 heavy (non-hydrogen) atoms. The van der Waals surface area contributed by atoms with Gasteiger partial charge in [0.1, 0.15) is 17.2 Å². The molecule has 0 spiro atoms. The first-order valence-corrected chi connectivity index (χ1v) is 11.2. The summed E-state index contributed by atoms with van der Waals surface area (Å²) in [7, 11) is 0. The monoisotopic (exact) mass is 475 g/mol. The van der Waals surface area contributed by atoms with Gasteiger partial charge < -0.3 is 9.73 Å². The first-order chi connectivity index (χ1) is 16.1. The van der Waals surface area contributed by atoms with Gasteiger partial charge >= 0.3 is 0 Å². The Balaban J connectivity index is 1.46. The number of halogens is 1. The van der Waals surface area contributed by atoms with Gasteiger partial charge in [-0.05, 0) is 53.9 Å². The minimum absolute atomic E-state index is 0.0691. The molecule has 4 aromatic rings. The van der Waals surface area contributed by atoms with Gasteiger partial charge in [0.15, 0.2) is 0 Å². The molecule has 0 unspecified atom stereocenters. The second kappa shape index (κ2) is 10.6. The van der Waals surface area contributed by atoms with E-state index in [0.717, 1.165) is 10.4 Å². The van der Waals surface area contributed by atoms with Crippen LogP contribution < -0.4 is 10.7 Å². The average molecular weight is 476 g/mol. The van der Waals surface area contributed by atoms with Gasteiger partial charge in [-0.1, -0.05) is 48.0 Å². The van der Waals surface area contributed by atoms with E-state index in [1.807, 2.05) is 41.8 Å². The third-order valence-electron chi connectivity index (χ3n) is 4.48. The maximum atomic E-state index is 12.7. The van der Waals surface area contributed by atoms with Gasteiger partial charge in [-0.2, -0.15) is 5.10 Å². The Bertz CT molecular complexity index is 1310. The number of benzene rings is 2. The molecule has 0 aliphatic rings. The molecule has 2 heterocycles. The smallest absolute Gasteiger partial charge is 0.287 e. The molecule has 0 aliphatic carbocycles. The van der Waals surface area contributed by atoms with Crippen LogP contribution in [0.5, 0.6) is 0 Å². The number of carbonyl (C=O) groups is 2. The maximum absolute atomic E-state index is 12.7. The molecular weight excluding hydrogens is 458 g/mol. The van der Waals surface area contributed by atoms with E-state index in [1.165, 1.54) is 17.6 Å². The number of hydrazone groups is 1. The number of hydrogen-bond acceptors (Lipinski definition) is 5. The van der Waals surface area contributed by atoms with E-state index < -0.39 is 11.8 Å². The molecule has 2 aromatic heterocycles. The number of furan rings is 1. The van der Waals surface area contributed by atoms with Crippen LogP contribution >= 0.6 is 22.9 Å². The molecule has 0 saturated heterocycles. The number of nitrogens with one attached hydrogen (secondary N) is 2. The largest absolute Gasteiger partial charge is 0.455 e. The fourth-order valence-corrected chi connectivity index (χ4v) is 3.79. The number of amides is 2. The van der Waals surface area contributed by atoms with Crippen molar-refractivity contribution < 1.29 is 14.0 Å². The van der Waals surface area contributed by atoms with E-state index in [-0.39, 0.29) is 5.70 Å². The Kier molecular flexibility index (Phi) is 7.14. The molecule has 0 atom stereocenters. The Hall–Kier alpha value is -3.94. The van der Waals surface area contributed by atoms with Gasteiger partial charge in [0.25, 0.3) is 11.8 Å². The summed E-state index contributed by atoms with van der Waals surface area (Å²) >= 11 is 7.64. The molecule has 6 nitrogen and oxygen atoms in total. The first-order valence-electron chi connectivity index (χ1n) is 9.90. The van der Waals surface area contributed by atoms with Crippen molar-refractivity contribution in [1.29, 1.82) is 0 Å². The molecule has 2 N–H and O–H groups in total. The van der Waals surface area contributed by atoms with Crippen LogP contribution in [-0.4, -0.2) is 18.0 Å². The highest BCUT2D eigenvalue weighted by Crippen LogP contribution is 2.28. The second-order valence-corrected chi connectivity index (χ2v) is 8.16. The molecule has 2 amide bonds. The minimum Gasteiger partial charge on any atom is -0.455 e. The number of hydrogen-bond donors (Lipinski definition) is 2. The maximum Gasteiger partial charge on any atom is 0.287 e. The molecule has 4 rings (SSSR count). The highest BCUT2D eigenvalue weighted by Gasteiger charge is 2.14. The van der Waals surface area contributed by atoms with Crippen molar-refractivity contribution >= 4 is 47.0 Å². The van der Waals surface area contributed by atoms with Crippen molar-refractivity contribution in [2.45, 2.75) is 0 Å². The lowest BCUT2D eigenvalue weighted by molar-refractivity contribution is -0.117. The van der Waals surface area contributed by atoms with Crippen LogP contribution in [0.1, 0.15) is 21.0 Å². The molecule has 164 valence electrons. The Labute approximate surface area is 199 Å². The fourth-order valence-electron chi connectivity index (χ4n) is 2.90. The third-order valence-corrected chi connectivity index (χ3v) is 5.63. The zero-order chi connectivity index (χ0) is 23.0. The van der Waals surface area contributed by atoms with Crippen LogP contribution in [0.2, 0.25) is 5.02 Å². The van der Waals surface area contributed by atoms with E-state index in [0.29, 0.717) is 22.1 Å². The Morgan fingerprint density at radius 2 is 1.73 bits per heavy atom. The van der Waals surface area contributed by atoms with Crippen molar-refractivity contribution in [2.24, 2.45) is 5.10 Å². The van der Waals surface area contributed by atoms with Gasteiger partial charge in [-0.25, -0.2) is 5.43 Å². The predicted molar refractivity (Wildman–Crippen MR) is 131 cm³/mol. The normalized spacial score (nSPS) is 11.5. The minimum atomic E-state index is -0.568. The summed E-state index contributed by atoms with van der Waals surface area (Å²) in [5.41, 5.74) is 3.69. The SMILES string of the molecule is O=C(N/N=C\c1ccc(-c2ccccc2Cl)o1)/C(=C\c1cccs1)NC(=O)c1ccccc1.